The predicted molar refractivity (Wildman–Crippen MR) is 56.9 cm³/mol. The van der Waals surface area contributed by atoms with Gasteiger partial charge in [0, 0.05) is 5.56 Å². The quantitative estimate of drug-likeness (QED) is 0.465. The first-order chi connectivity index (χ1) is 7.15. The Morgan fingerprint density at radius 1 is 1.27 bits per heavy atom. The van der Waals surface area contributed by atoms with Gasteiger partial charge in [0.1, 0.15) is 5.88 Å². The highest BCUT2D eigenvalue weighted by Crippen LogP contribution is 2.20. The molecule has 0 amide bonds. The SMILES string of the molecule is O=C(CCl)OC(C(=O)Cl)c1ccccc1. The Bertz CT molecular complexity index is 351. The third-order valence-electron chi connectivity index (χ3n) is 1.67. The number of rotatable bonds is 4. The molecule has 0 saturated carbocycles. The van der Waals surface area contributed by atoms with Gasteiger partial charge in [0.25, 0.3) is 5.24 Å². The predicted octanol–water partition coefficient (Wildman–Crippen LogP) is 2.28. The summed E-state index contributed by atoms with van der Waals surface area (Å²) in [5.41, 5.74) is 0.524. The molecule has 0 bridgehead atoms. The van der Waals surface area contributed by atoms with Crippen LogP contribution in [0.3, 0.4) is 0 Å². The van der Waals surface area contributed by atoms with Crippen molar-refractivity contribution in [3.8, 4) is 0 Å². The third-order valence-corrected chi connectivity index (χ3v) is 2.08. The number of benzene rings is 1. The topological polar surface area (TPSA) is 43.4 Å². The van der Waals surface area contributed by atoms with E-state index in [-0.39, 0.29) is 5.88 Å². The molecule has 1 aromatic rings. The van der Waals surface area contributed by atoms with E-state index in [1.54, 1.807) is 30.3 Å². The maximum absolute atomic E-state index is 11.0. The van der Waals surface area contributed by atoms with Gasteiger partial charge in [-0.05, 0) is 11.6 Å². The van der Waals surface area contributed by atoms with Crippen molar-refractivity contribution in [2.45, 2.75) is 6.10 Å². The van der Waals surface area contributed by atoms with Crippen LogP contribution in [-0.2, 0) is 14.3 Å². The van der Waals surface area contributed by atoms with E-state index < -0.39 is 17.3 Å². The molecule has 0 heterocycles. The van der Waals surface area contributed by atoms with E-state index in [1.807, 2.05) is 0 Å². The van der Waals surface area contributed by atoms with Crippen LogP contribution in [0.4, 0.5) is 0 Å². The molecule has 1 unspecified atom stereocenters. The maximum Gasteiger partial charge on any atom is 0.321 e. The summed E-state index contributed by atoms with van der Waals surface area (Å²) in [7, 11) is 0. The first-order valence-electron chi connectivity index (χ1n) is 4.15. The van der Waals surface area contributed by atoms with E-state index >= 15 is 0 Å². The number of ether oxygens (including phenoxy) is 1. The lowest BCUT2D eigenvalue weighted by Gasteiger charge is -2.12. The molecule has 5 heteroatoms. The minimum Gasteiger partial charge on any atom is -0.447 e. The van der Waals surface area contributed by atoms with Crippen molar-refractivity contribution in [3.05, 3.63) is 35.9 Å². The number of alkyl halides is 1. The van der Waals surface area contributed by atoms with Crippen LogP contribution in [0.1, 0.15) is 11.7 Å². The summed E-state index contributed by atoms with van der Waals surface area (Å²) in [5.74, 6) is -0.993. The molecule has 0 fully saturated rings. The number of esters is 1. The molecule has 1 atom stereocenters. The molecule has 0 aromatic heterocycles. The number of hydrogen-bond acceptors (Lipinski definition) is 3. The van der Waals surface area contributed by atoms with Crippen molar-refractivity contribution < 1.29 is 14.3 Å². The molecule has 0 spiro atoms. The van der Waals surface area contributed by atoms with Gasteiger partial charge >= 0.3 is 5.97 Å². The highest BCUT2D eigenvalue weighted by molar-refractivity contribution is 6.64. The number of halogens is 2. The zero-order valence-corrected chi connectivity index (χ0v) is 9.16. The Morgan fingerprint density at radius 2 is 1.87 bits per heavy atom. The van der Waals surface area contributed by atoms with Gasteiger partial charge in [-0.1, -0.05) is 30.3 Å². The molecule has 0 aliphatic heterocycles. The lowest BCUT2D eigenvalue weighted by molar-refractivity contribution is -0.150. The van der Waals surface area contributed by atoms with E-state index in [2.05, 4.69) is 0 Å². The van der Waals surface area contributed by atoms with Crippen molar-refractivity contribution in [2.75, 3.05) is 5.88 Å². The summed E-state index contributed by atoms with van der Waals surface area (Å²) in [4.78, 5) is 22.0. The monoisotopic (exact) mass is 246 g/mol. The van der Waals surface area contributed by atoms with Crippen LogP contribution >= 0.6 is 23.2 Å². The van der Waals surface area contributed by atoms with Crippen LogP contribution in [0.15, 0.2) is 30.3 Å². The van der Waals surface area contributed by atoms with Crippen molar-refractivity contribution in [1.82, 2.24) is 0 Å². The standard InChI is InChI=1S/C10H8Cl2O3/c11-6-8(13)15-9(10(12)14)7-4-2-1-3-5-7/h1-5,9H,6H2. The average Bonchev–Trinajstić information content (AvgIpc) is 2.26. The smallest absolute Gasteiger partial charge is 0.321 e. The Morgan fingerprint density at radius 3 is 2.33 bits per heavy atom. The normalized spacial score (nSPS) is 11.9. The fraction of sp³-hybridized carbons (Fsp3) is 0.200. The summed E-state index contributed by atoms with van der Waals surface area (Å²) in [6.45, 7) is 0. The van der Waals surface area contributed by atoms with Gasteiger partial charge in [-0.25, -0.2) is 0 Å². The summed E-state index contributed by atoms with van der Waals surface area (Å²) < 4.78 is 4.79. The van der Waals surface area contributed by atoms with E-state index in [0.717, 1.165) is 0 Å². The Labute approximate surface area is 96.9 Å². The highest BCUT2D eigenvalue weighted by atomic mass is 35.5. The van der Waals surface area contributed by atoms with Gasteiger partial charge < -0.3 is 4.74 Å². The molecule has 0 aliphatic carbocycles. The van der Waals surface area contributed by atoms with Crippen molar-refractivity contribution in [1.29, 1.82) is 0 Å². The molecular weight excluding hydrogens is 239 g/mol. The minimum absolute atomic E-state index is 0.312. The summed E-state index contributed by atoms with van der Waals surface area (Å²) >= 11 is 10.6. The summed E-state index contributed by atoms with van der Waals surface area (Å²) in [6.07, 6.45) is -1.08. The van der Waals surface area contributed by atoms with Crippen molar-refractivity contribution in [2.24, 2.45) is 0 Å². The highest BCUT2D eigenvalue weighted by Gasteiger charge is 2.22. The Balaban J connectivity index is 2.84. The second-order valence-corrected chi connectivity index (χ2v) is 3.36. The van der Waals surface area contributed by atoms with Gasteiger partial charge in [0.05, 0.1) is 0 Å². The van der Waals surface area contributed by atoms with Crippen molar-refractivity contribution >= 4 is 34.4 Å². The second kappa shape index (κ2) is 5.73. The van der Waals surface area contributed by atoms with E-state index in [9.17, 15) is 9.59 Å². The molecule has 0 saturated heterocycles. The second-order valence-electron chi connectivity index (χ2n) is 2.72. The van der Waals surface area contributed by atoms with Crippen LogP contribution in [0.25, 0.3) is 0 Å². The van der Waals surface area contributed by atoms with Crippen LogP contribution in [-0.4, -0.2) is 17.1 Å². The van der Waals surface area contributed by atoms with E-state index in [0.29, 0.717) is 5.56 Å². The van der Waals surface area contributed by atoms with Crippen LogP contribution in [0, 0.1) is 0 Å². The Hall–Kier alpha value is -1.06. The Kier molecular flexibility index (Phi) is 4.59. The number of carbonyl (C=O) groups excluding carboxylic acids is 2. The van der Waals surface area contributed by atoms with Crippen molar-refractivity contribution in [3.63, 3.8) is 0 Å². The third kappa shape index (κ3) is 3.53. The summed E-state index contributed by atoms with van der Waals surface area (Å²) in [6, 6.07) is 8.51. The van der Waals surface area contributed by atoms with Gasteiger partial charge in [-0.2, -0.15) is 0 Å². The van der Waals surface area contributed by atoms with E-state index in [1.165, 1.54) is 0 Å². The molecule has 15 heavy (non-hydrogen) atoms. The van der Waals surface area contributed by atoms with Gasteiger partial charge in [0.15, 0.2) is 0 Å². The summed E-state index contributed by atoms with van der Waals surface area (Å²) in [5, 5.41) is -0.750. The average molecular weight is 247 g/mol. The fourth-order valence-electron chi connectivity index (χ4n) is 1.04. The van der Waals surface area contributed by atoms with Crippen LogP contribution in [0.2, 0.25) is 0 Å². The number of hydrogen-bond donors (Lipinski definition) is 0. The van der Waals surface area contributed by atoms with Crippen LogP contribution < -0.4 is 0 Å². The maximum atomic E-state index is 11.0. The zero-order chi connectivity index (χ0) is 11.3. The lowest BCUT2D eigenvalue weighted by atomic mass is 10.1. The molecule has 3 nitrogen and oxygen atoms in total. The molecule has 80 valence electrons. The minimum atomic E-state index is -1.08. The molecule has 0 radical (unpaired) electrons. The first-order valence-corrected chi connectivity index (χ1v) is 5.06. The van der Waals surface area contributed by atoms with Gasteiger partial charge in [-0.3, -0.25) is 9.59 Å². The molecule has 1 rings (SSSR count). The fourth-order valence-corrected chi connectivity index (χ4v) is 1.27. The molecular formula is C10H8Cl2O3. The molecule has 0 N–H and O–H groups in total. The first kappa shape index (κ1) is 12.0. The van der Waals surface area contributed by atoms with Gasteiger partial charge in [-0.15, -0.1) is 11.6 Å². The van der Waals surface area contributed by atoms with Gasteiger partial charge in [0.2, 0.25) is 6.10 Å². The van der Waals surface area contributed by atoms with Crippen LogP contribution in [0.5, 0.6) is 0 Å². The number of carbonyl (C=O) groups is 2. The molecule has 1 aromatic carbocycles. The molecule has 0 aliphatic rings. The van der Waals surface area contributed by atoms with E-state index in [4.69, 9.17) is 27.9 Å². The zero-order valence-electron chi connectivity index (χ0n) is 7.65. The largest absolute Gasteiger partial charge is 0.447 e. The lowest BCUT2D eigenvalue weighted by Crippen LogP contribution is -2.17.